The van der Waals surface area contributed by atoms with E-state index in [0.717, 1.165) is 16.1 Å². The fourth-order valence-corrected chi connectivity index (χ4v) is 4.07. The minimum atomic E-state index is -4.74. The smallest absolute Gasteiger partial charge is 0.352 e. The van der Waals surface area contributed by atoms with Gasteiger partial charge in [0, 0.05) is 36.5 Å². The zero-order chi connectivity index (χ0) is 26.3. The van der Waals surface area contributed by atoms with Gasteiger partial charge in [0.05, 0.1) is 19.3 Å². The van der Waals surface area contributed by atoms with Crippen LogP contribution in [0.5, 0.6) is 0 Å². The third-order valence-electron chi connectivity index (χ3n) is 5.48. The van der Waals surface area contributed by atoms with E-state index < -0.39 is 33.9 Å². The van der Waals surface area contributed by atoms with Crippen LogP contribution >= 0.6 is 0 Å². The van der Waals surface area contributed by atoms with Gasteiger partial charge in [-0.3, -0.25) is 4.79 Å². The van der Waals surface area contributed by atoms with Crippen LogP contribution in [0.25, 0.3) is 0 Å². The molecule has 3 N–H and O–H groups in total. The molecular weight excluding hydrogens is 501 g/mol. The molecule has 1 atom stereocenters. The molecule has 1 aromatic carbocycles. The minimum absolute atomic E-state index is 0.101. The number of halogens is 3. The lowest BCUT2D eigenvalue weighted by Gasteiger charge is -2.35. The molecule has 0 spiro atoms. The molecule has 0 saturated heterocycles. The highest BCUT2D eigenvalue weighted by Gasteiger charge is 2.36. The molecule has 0 bridgehead atoms. The maximum atomic E-state index is 13.7. The van der Waals surface area contributed by atoms with Crippen molar-refractivity contribution in [1.82, 2.24) is 19.2 Å². The van der Waals surface area contributed by atoms with E-state index in [0.29, 0.717) is 23.3 Å². The highest BCUT2D eigenvalue weighted by molar-refractivity contribution is 7.88. The van der Waals surface area contributed by atoms with Crippen LogP contribution in [0.1, 0.15) is 18.1 Å². The molecule has 0 saturated carbocycles. The van der Waals surface area contributed by atoms with Gasteiger partial charge in [-0.1, -0.05) is 0 Å². The average Bonchev–Trinajstić information content (AvgIpc) is 3.15. The zero-order valence-electron chi connectivity index (χ0n) is 19.5. The summed E-state index contributed by atoms with van der Waals surface area (Å²) in [4.78, 5) is 25.1. The first-order chi connectivity index (χ1) is 16.8. The monoisotopic (exact) mass is 524 g/mol. The molecule has 1 unspecified atom stereocenters. The predicted molar refractivity (Wildman–Crippen MR) is 128 cm³/mol. The zero-order valence-corrected chi connectivity index (χ0v) is 20.3. The highest BCUT2D eigenvalue weighted by atomic mass is 32.2. The molecule has 1 amide bonds. The Kier molecular flexibility index (Phi) is 6.62. The molecule has 11 nitrogen and oxygen atoms in total. The summed E-state index contributed by atoms with van der Waals surface area (Å²) in [5.41, 5.74) is 1.37. The first-order valence-electron chi connectivity index (χ1n) is 10.6. The summed E-state index contributed by atoms with van der Waals surface area (Å²) in [5.74, 6) is -0.750. The summed E-state index contributed by atoms with van der Waals surface area (Å²) in [6.07, 6.45) is -0.722. The lowest BCUT2D eigenvalue weighted by Crippen LogP contribution is -2.48. The molecule has 36 heavy (non-hydrogen) atoms. The molecule has 1 aromatic heterocycles. The van der Waals surface area contributed by atoms with E-state index in [2.05, 4.69) is 30.9 Å². The van der Waals surface area contributed by atoms with Gasteiger partial charge in [0.2, 0.25) is 21.9 Å². The Labute approximate surface area is 205 Å². The number of aromatic nitrogens is 2. The molecule has 4 rings (SSSR count). The quantitative estimate of drug-likeness (QED) is 0.504. The summed E-state index contributed by atoms with van der Waals surface area (Å²) >= 11 is 0. The van der Waals surface area contributed by atoms with E-state index in [4.69, 9.17) is 0 Å². The molecular formula is C21H23F3N8O3S. The summed E-state index contributed by atoms with van der Waals surface area (Å²) in [6, 6.07) is 5.00. The number of rotatable bonds is 7. The van der Waals surface area contributed by atoms with Gasteiger partial charge in [0.15, 0.2) is 6.29 Å². The molecule has 15 heteroatoms. The van der Waals surface area contributed by atoms with Crippen molar-refractivity contribution in [2.45, 2.75) is 25.8 Å². The maximum Gasteiger partial charge on any atom is 0.421 e. The Balaban J connectivity index is 1.57. The fraction of sp³-hybridized carbons (Fsp3) is 0.333. The molecule has 2 aromatic rings. The number of hydrogen-bond donors (Lipinski definition) is 3. The molecule has 3 heterocycles. The second-order valence-electron chi connectivity index (χ2n) is 8.24. The number of sulfonamides is 1. The molecule has 0 radical (unpaired) electrons. The van der Waals surface area contributed by atoms with Crippen LogP contribution in [0.3, 0.4) is 0 Å². The largest absolute Gasteiger partial charge is 0.421 e. The third kappa shape index (κ3) is 5.57. The first-order valence-corrected chi connectivity index (χ1v) is 12.5. The van der Waals surface area contributed by atoms with Crippen molar-refractivity contribution in [2.75, 3.05) is 35.9 Å². The Bertz CT molecular complexity index is 1360. The Hall–Kier alpha value is -3.72. The summed E-state index contributed by atoms with van der Waals surface area (Å²) < 4.78 is 66.0. The van der Waals surface area contributed by atoms with E-state index >= 15 is 0 Å². The molecule has 2 aliphatic heterocycles. The lowest BCUT2D eigenvalue weighted by atomic mass is 10.1. The number of fused-ring (bicyclic) bond motifs is 1. The normalized spacial score (nSPS) is 17.6. The van der Waals surface area contributed by atoms with E-state index in [-0.39, 0.29) is 24.9 Å². The number of amides is 1. The van der Waals surface area contributed by atoms with Gasteiger partial charge in [-0.15, -0.1) is 0 Å². The molecule has 0 aliphatic carbocycles. The molecule has 2 aliphatic rings. The SMILES string of the molecule is CC1=NC(N(C)S(C)(=O)=O)N(CNc2nc(Nc3ccc4c(c3)CC(=O)N4)ncc2C(F)(F)F)C=C1. The number of anilines is 4. The van der Waals surface area contributed by atoms with Crippen LogP contribution in [0.15, 0.2) is 41.7 Å². The van der Waals surface area contributed by atoms with Crippen LogP contribution in [-0.4, -0.2) is 65.5 Å². The van der Waals surface area contributed by atoms with Crippen molar-refractivity contribution in [3.63, 3.8) is 0 Å². The number of carbonyl (C=O) groups excluding carboxylic acids is 1. The fourth-order valence-electron chi connectivity index (χ4n) is 3.56. The highest BCUT2D eigenvalue weighted by Crippen LogP contribution is 2.34. The van der Waals surface area contributed by atoms with Crippen molar-refractivity contribution in [3.8, 4) is 0 Å². The van der Waals surface area contributed by atoms with Gasteiger partial charge in [0.1, 0.15) is 11.4 Å². The minimum Gasteiger partial charge on any atom is -0.352 e. The number of benzene rings is 1. The van der Waals surface area contributed by atoms with Crippen molar-refractivity contribution in [2.24, 2.45) is 4.99 Å². The van der Waals surface area contributed by atoms with Crippen molar-refractivity contribution >= 4 is 44.8 Å². The summed E-state index contributed by atoms with van der Waals surface area (Å²) in [6.45, 7) is 1.45. The number of allylic oxidation sites excluding steroid dienone is 1. The predicted octanol–water partition coefficient (Wildman–Crippen LogP) is 2.57. The second kappa shape index (κ2) is 9.39. The number of nitrogens with zero attached hydrogens (tertiary/aromatic N) is 5. The van der Waals surface area contributed by atoms with Gasteiger partial charge < -0.3 is 20.9 Å². The number of carbonyl (C=O) groups is 1. The summed E-state index contributed by atoms with van der Waals surface area (Å²) in [7, 11) is -2.31. The third-order valence-corrected chi connectivity index (χ3v) is 6.72. The summed E-state index contributed by atoms with van der Waals surface area (Å²) in [5, 5.41) is 8.18. The second-order valence-corrected chi connectivity index (χ2v) is 10.3. The van der Waals surface area contributed by atoms with Gasteiger partial charge in [0.25, 0.3) is 0 Å². The number of hydrogen-bond acceptors (Lipinski definition) is 9. The topological polar surface area (TPSA) is 132 Å². The van der Waals surface area contributed by atoms with Gasteiger partial charge in [-0.25, -0.2) is 18.4 Å². The van der Waals surface area contributed by atoms with Crippen molar-refractivity contribution in [3.05, 3.63) is 47.8 Å². The van der Waals surface area contributed by atoms with Crippen LogP contribution in [0.2, 0.25) is 0 Å². The molecule has 0 fully saturated rings. The van der Waals surface area contributed by atoms with E-state index in [1.807, 2.05) is 0 Å². The number of nitrogens with one attached hydrogen (secondary N) is 3. The number of aliphatic imine (C=N–C) groups is 1. The van der Waals surface area contributed by atoms with E-state index in [9.17, 15) is 26.4 Å². The van der Waals surface area contributed by atoms with Crippen LogP contribution in [-0.2, 0) is 27.4 Å². The standard InChI is InChI=1S/C21H23F3N8O3S/c1-12-6-7-32(20(27-12)31(2)36(3,34)35)11-26-18-15(21(22,23)24)10-25-19(30-18)28-14-4-5-16-13(8-14)9-17(33)29-16/h4-8,10,20H,9,11H2,1-3H3,(H,29,33)(H2,25,26,28,30). The van der Waals surface area contributed by atoms with E-state index in [1.165, 1.54) is 18.1 Å². The van der Waals surface area contributed by atoms with Crippen LogP contribution < -0.4 is 16.0 Å². The Morgan fingerprint density at radius 3 is 2.75 bits per heavy atom. The van der Waals surface area contributed by atoms with E-state index in [1.54, 1.807) is 31.2 Å². The average molecular weight is 525 g/mol. The first kappa shape index (κ1) is 25.4. The Morgan fingerprint density at radius 2 is 2.06 bits per heavy atom. The van der Waals surface area contributed by atoms with Crippen LogP contribution in [0.4, 0.5) is 36.3 Å². The van der Waals surface area contributed by atoms with Crippen molar-refractivity contribution < 1.29 is 26.4 Å². The Morgan fingerprint density at radius 1 is 1.31 bits per heavy atom. The maximum absolute atomic E-state index is 13.7. The van der Waals surface area contributed by atoms with Gasteiger partial charge in [-0.05, 0) is 36.8 Å². The van der Waals surface area contributed by atoms with Gasteiger partial charge >= 0.3 is 6.18 Å². The molecule has 192 valence electrons. The van der Waals surface area contributed by atoms with Crippen molar-refractivity contribution in [1.29, 1.82) is 0 Å². The number of alkyl halides is 3. The lowest BCUT2D eigenvalue weighted by molar-refractivity contribution is -0.137. The van der Waals surface area contributed by atoms with Crippen LogP contribution in [0, 0.1) is 0 Å². The van der Waals surface area contributed by atoms with Gasteiger partial charge in [-0.2, -0.15) is 22.5 Å².